The smallest absolute Gasteiger partial charge is 0.756 e. The molecule has 58 valence electrons. The molecule has 0 aliphatic carbocycles. The van der Waals surface area contributed by atoms with Crippen LogP contribution in [0.3, 0.4) is 0 Å². The van der Waals surface area contributed by atoms with Crippen LogP contribution in [0.1, 0.15) is 0 Å². The molecule has 0 unspecified atom stereocenters. The van der Waals surface area contributed by atoms with Crippen LogP contribution in [0.25, 0.3) is 0 Å². The van der Waals surface area contributed by atoms with Gasteiger partial charge in [-0.15, -0.1) is 0 Å². The summed E-state index contributed by atoms with van der Waals surface area (Å²) in [5.74, 6) is 0. The van der Waals surface area contributed by atoms with Crippen molar-refractivity contribution in [1.82, 2.24) is 0 Å². The van der Waals surface area contributed by atoms with Gasteiger partial charge < -0.3 is 14.7 Å². The van der Waals surface area contributed by atoms with Gasteiger partial charge in [-0.25, -0.2) is 0 Å². The second-order valence-corrected chi connectivity index (χ2v) is 2.16. The van der Waals surface area contributed by atoms with Gasteiger partial charge in [0.2, 0.25) is 0 Å². The van der Waals surface area contributed by atoms with E-state index in [1.54, 1.807) is 0 Å². The molecule has 0 fully saturated rings. The van der Waals surface area contributed by atoms with Gasteiger partial charge in [-0.1, -0.05) is 0 Å². The molecule has 0 aromatic rings. The quantitative estimate of drug-likeness (QED) is 0.175. The van der Waals surface area contributed by atoms with Gasteiger partial charge in [0.15, 0.2) is 0 Å². The van der Waals surface area contributed by atoms with E-state index >= 15 is 0 Å². The first-order chi connectivity index (χ1) is 3.73. The van der Waals surface area contributed by atoms with Crippen molar-refractivity contribution in [2.45, 2.75) is 0 Å². The normalized spacial score (nSPS) is 9.40. The molecule has 0 saturated carbocycles. The first-order valence-corrected chi connectivity index (χ1v) is 3.89. The van der Waals surface area contributed by atoms with Crippen LogP contribution in [-0.2, 0) is 15.9 Å². The van der Waals surface area contributed by atoms with Crippen molar-refractivity contribution in [3.05, 3.63) is 0 Å². The third kappa shape index (κ3) is 441. The molecule has 0 bridgehead atoms. The summed E-state index contributed by atoms with van der Waals surface area (Å²) >= 11 is -2.61. The molecule has 0 spiro atoms. The van der Waals surface area contributed by atoms with Gasteiger partial charge in [0.25, 0.3) is 19.2 Å². The molecule has 0 heterocycles. The fraction of sp³-hybridized carbons (Fsp3) is 0. The Kier molecular flexibility index (Phi) is 14.3. The van der Waals surface area contributed by atoms with Crippen LogP contribution in [0, 0.1) is 0 Å². The molecule has 0 aromatic carbocycles. The average Bonchev–Trinajstić information content (AvgIpc) is 1.19. The summed E-state index contributed by atoms with van der Waals surface area (Å²) in [4.78, 5) is 22.9. The van der Waals surface area contributed by atoms with Crippen LogP contribution >= 0.6 is 7.82 Å². The minimum atomic E-state index is -4.89. The minimum absolute atomic E-state index is 0. The summed E-state index contributed by atoms with van der Waals surface area (Å²) in [6.07, 6.45) is 0. The van der Waals surface area contributed by atoms with Crippen LogP contribution in [0.5, 0.6) is 0 Å². The largest absolute Gasteiger partial charge is 1.00 e. The first-order valence-electron chi connectivity index (χ1n) is 1.30. The summed E-state index contributed by atoms with van der Waals surface area (Å²) in [5, 5.41) is 0. The predicted molar refractivity (Wildman–Crippen MR) is 25.4 cm³/mol. The van der Waals surface area contributed by atoms with Gasteiger partial charge in [0.1, 0.15) is 0 Å². The van der Waals surface area contributed by atoms with Crippen LogP contribution in [0.15, 0.2) is 0 Å². The Morgan fingerprint density at radius 3 is 1.30 bits per heavy atom. The zero-order chi connectivity index (χ0) is 8.08. The topological polar surface area (TPSA) is 138 Å². The van der Waals surface area contributed by atoms with Gasteiger partial charge in [0.05, 0.1) is 0 Å². The molecule has 0 saturated heterocycles. The Labute approximate surface area is 81.1 Å². The summed E-state index contributed by atoms with van der Waals surface area (Å²) < 4.78 is 31.6. The zero-order valence-corrected chi connectivity index (χ0v) is 8.58. The van der Waals surface area contributed by atoms with E-state index in [1.165, 1.54) is 0 Å². The predicted octanol–water partition coefficient (Wildman–Crippen LogP) is -4.88. The minimum Gasteiger partial charge on any atom is -0.756 e. The first kappa shape index (κ1) is 17.3. The zero-order valence-electron chi connectivity index (χ0n) is 4.87. The average molecular weight is 202 g/mol. The molecule has 10 heavy (non-hydrogen) atoms. The number of phosphoric acid groups is 1. The SMILES string of the molecule is O=P([O-])(O)O.O=S(O)O.[Na+]. The summed E-state index contributed by atoms with van der Waals surface area (Å²) in [6.45, 7) is 0. The molecule has 0 aliphatic heterocycles. The van der Waals surface area contributed by atoms with Crippen LogP contribution in [0.4, 0.5) is 0 Å². The van der Waals surface area contributed by atoms with E-state index in [4.69, 9.17) is 32.6 Å². The molecular weight excluding hydrogens is 198 g/mol. The van der Waals surface area contributed by atoms with Crippen molar-refractivity contribution >= 4 is 19.2 Å². The van der Waals surface area contributed by atoms with Crippen LogP contribution < -0.4 is 34.5 Å². The molecule has 0 atom stereocenters. The van der Waals surface area contributed by atoms with E-state index < -0.39 is 19.2 Å². The van der Waals surface area contributed by atoms with E-state index in [0.29, 0.717) is 0 Å². The van der Waals surface area contributed by atoms with Crippen molar-refractivity contribution in [3.8, 4) is 0 Å². The van der Waals surface area contributed by atoms with Gasteiger partial charge in [0, 0.05) is 0 Å². The number of rotatable bonds is 0. The van der Waals surface area contributed by atoms with Gasteiger partial charge >= 0.3 is 29.6 Å². The molecule has 0 aliphatic rings. The third-order valence-corrected chi connectivity index (χ3v) is 0. The maximum absolute atomic E-state index is 8.77. The Morgan fingerprint density at radius 1 is 1.30 bits per heavy atom. The second kappa shape index (κ2) is 8.28. The Hall–Kier alpha value is 1.18. The van der Waals surface area contributed by atoms with Crippen LogP contribution in [-0.4, -0.2) is 23.1 Å². The van der Waals surface area contributed by atoms with E-state index in [0.717, 1.165) is 0 Å². The fourth-order valence-corrected chi connectivity index (χ4v) is 0. The van der Waals surface area contributed by atoms with E-state index in [1.807, 2.05) is 0 Å². The van der Waals surface area contributed by atoms with Crippen molar-refractivity contribution in [2.75, 3.05) is 0 Å². The second-order valence-electron chi connectivity index (χ2n) is 0.721. The Morgan fingerprint density at radius 2 is 1.30 bits per heavy atom. The monoisotopic (exact) mass is 202 g/mol. The summed E-state index contributed by atoms with van der Waals surface area (Å²) in [5.41, 5.74) is 0. The fourth-order valence-electron chi connectivity index (χ4n) is 0. The van der Waals surface area contributed by atoms with E-state index in [9.17, 15) is 0 Å². The standard InChI is InChI=1S/Na.H3O4P.H2O3S/c;1-5(2,3)4;1-4(2)3/h;(H3,1,2,3,4);(H2,1,2,3)/q+1;;/p-1. The van der Waals surface area contributed by atoms with Gasteiger partial charge in [-0.05, 0) is 0 Å². The maximum Gasteiger partial charge on any atom is 1.00 e. The summed E-state index contributed by atoms with van der Waals surface area (Å²) in [7, 11) is -4.89. The molecule has 0 amide bonds. The summed E-state index contributed by atoms with van der Waals surface area (Å²) in [6, 6.07) is 0. The third-order valence-electron chi connectivity index (χ3n) is 0. The van der Waals surface area contributed by atoms with Gasteiger partial charge in [-0.2, -0.15) is 4.21 Å². The molecule has 0 aromatic heterocycles. The van der Waals surface area contributed by atoms with E-state index in [2.05, 4.69) is 0 Å². The Balaban J connectivity index is -0.0000000910. The Bertz CT molecular complexity index is 113. The molecule has 4 N–H and O–H groups in total. The molecule has 7 nitrogen and oxygen atoms in total. The molecule has 0 rings (SSSR count). The van der Waals surface area contributed by atoms with Crippen molar-refractivity contribution < 1.29 is 62.1 Å². The number of hydrogen-bond donors (Lipinski definition) is 4. The van der Waals surface area contributed by atoms with Crippen molar-refractivity contribution in [1.29, 1.82) is 0 Å². The molecular formula is H4NaO7PS. The molecule has 10 heteroatoms. The number of hydrogen-bond acceptors (Lipinski definition) is 3. The van der Waals surface area contributed by atoms with Crippen molar-refractivity contribution in [2.24, 2.45) is 0 Å². The van der Waals surface area contributed by atoms with E-state index in [-0.39, 0.29) is 29.6 Å². The molecule has 0 radical (unpaired) electrons. The maximum atomic E-state index is 8.77. The van der Waals surface area contributed by atoms with Crippen LogP contribution in [0.2, 0.25) is 0 Å². The van der Waals surface area contributed by atoms with Crippen molar-refractivity contribution in [3.63, 3.8) is 0 Å². The van der Waals surface area contributed by atoms with Gasteiger partial charge in [-0.3, -0.25) is 13.7 Å².